The predicted molar refractivity (Wildman–Crippen MR) is 59.4 cm³/mol. The van der Waals surface area contributed by atoms with E-state index in [0.29, 0.717) is 0 Å². The highest BCUT2D eigenvalue weighted by atomic mass is 28.3. The first-order chi connectivity index (χ1) is 5.77. The van der Waals surface area contributed by atoms with Crippen LogP contribution in [0.4, 0.5) is 0 Å². The van der Waals surface area contributed by atoms with Crippen molar-refractivity contribution >= 4 is 8.07 Å². The molecule has 2 nitrogen and oxygen atoms in total. The summed E-state index contributed by atoms with van der Waals surface area (Å²) >= 11 is 0. The predicted octanol–water partition coefficient (Wildman–Crippen LogP) is 2.56. The van der Waals surface area contributed by atoms with Crippen LogP contribution in [0.5, 0.6) is 0 Å². The normalized spacial score (nSPS) is 15.2. The molecule has 0 saturated carbocycles. The molecule has 1 atom stereocenters. The molecule has 0 aliphatic carbocycles. The molecule has 0 aliphatic rings. The van der Waals surface area contributed by atoms with E-state index in [1.54, 1.807) is 0 Å². The number of aliphatic hydroxyl groups is 1. The van der Waals surface area contributed by atoms with E-state index in [2.05, 4.69) is 40.4 Å². The third kappa shape index (κ3) is 2.85. The van der Waals surface area contributed by atoms with Crippen molar-refractivity contribution in [2.45, 2.75) is 44.6 Å². The summed E-state index contributed by atoms with van der Waals surface area (Å²) in [6.07, 6.45) is 1.43. The molecule has 1 N–H and O–H groups in total. The van der Waals surface area contributed by atoms with Crippen LogP contribution in [0.1, 0.15) is 20.8 Å². The lowest BCUT2D eigenvalue weighted by molar-refractivity contribution is 0.124. The summed E-state index contributed by atoms with van der Waals surface area (Å²) in [4.78, 5) is 0. The van der Waals surface area contributed by atoms with Gasteiger partial charge in [0.15, 0.2) is 0 Å². The Kier molecular flexibility index (Phi) is 4.19. The van der Waals surface area contributed by atoms with E-state index in [4.69, 9.17) is 4.74 Å². The molecular formula is C10H22O2Si. The van der Waals surface area contributed by atoms with Gasteiger partial charge in [-0.3, -0.25) is 0 Å². The molecular weight excluding hydrogens is 180 g/mol. The largest absolute Gasteiger partial charge is 0.500 e. The molecule has 0 radical (unpaired) electrons. The molecule has 0 aromatic carbocycles. The first-order valence-corrected chi connectivity index (χ1v) is 7.72. The van der Waals surface area contributed by atoms with Crippen LogP contribution in [0.3, 0.4) is 0 Å². The van der Waals surface area contributed by atoms with Crippen LogP contribution in [0.25, 0.3) is 0 Å². The van der Waals surface area contributed by atoms with E-state index in [1.807, 2.05) is 0 Å². The zero-order chi connectivity index (χ0) is 10.7. The summed E-state index contributed by atoms with van der Waals surface area (Å²) < 4.78 is 5.36. The van der Waals surface area contributed by atoms with E-state index in [0.717, 1.165) is 0 Å². The summed E-state index contributed by atoms with van der Waals surface area (Å²) in [5, 5.41) is 9.44. The van der Waals surface area contributed by atoms with Gasteiger partial charge in [-0.1, -0.05) is 40.4 Å². The Morgan fingerprint density at radius 1 is 1.46 bits per heavy atom. The van der Waals surface area contributed by atoms with Gasteiger partial charge in [0.2, 0.25) is 0 Å². The standard InChI is InChI=1S/C10H22O2Si/c1-7-12-9(8-11)13(5,6)10(2,3)4/h7,9,11H,1,8H2,2-6H3. The van der Waals surface area contributed by atoms with Crippen molar-refractivity contribution < 1.29 is 9.84 Å². The van der Waals surface area contributed by atoms with Crippen molar-refractivity contribution in [2.24, 2.45) is 0 Å². The van der Waals surface area contributed by atoms with Gasteiger partial charge in [0.1, 0.15) is 13.8 Å². The third-order valence-corrected chi connectivity index (χ3v) is 8.96. The van der Waals surface area contributed by atoms with E-state index >= 15 is 0 Å². The molecule has 0 amide bonds. The Morgan fingerprint density at radius 3 is 2.15 bits per heavy atom. The molecule has 3 heteroatoms. The smallest absolute Gasteiger partial charge is 0.109 e. The number of aliphatic hydroxyl groups excluding tert-OH is 1. The van der Waals surface area contributed by atoms with Crippen molar-refractivity contribution in [2.75, 3.05) is 6.61 Å². The zero-order valence-corrected chi connectivity index (χ0v) is 10.4. The first kappa shape index (κ1) is 12.7. The molecule has 0 saturated heterocycles. The number of ether oxygens (including phenoxy) is 1. The lowest BCUT2D eigenvalue weighted by Gasteiger charge is -2.41. The average molecular weight is 202 g/mol. The summed E-state index contributed by atoms with van der Waals surface area (Å²) in [7, 11) is -1.60. The Balaban J connectivity index is 4.66. The highest BCUT2D eigenvalue weighted by Gasteiger charge is 2.43. The molecule has 13 heavy (non-hydrogen) atoms. The number of rotatable bonds is 4. The second-order valence-electron chi connectivity index (χ2n) is 4.95. The second kappa shape index (κ2) is 4.29. The molecule has 0 heterocycles. The molecule has 0 aromatic heterocycles. The van der Waals surface area contributed by atoms with Crippen LogP contribution in [-0.4, -0.2) is 25.5 Å². The average Bonchev–Trinajstić information content (AvgIpc) is 1.97. The summed E-state index contributed by atoms with van der Waals surface area (Å²) in [5.41, 5.74) is -0.0509. The van der Waals surface area contributed by atoms with Crippen LogP contribution < -0.4 is 0 Å². The fourth-order valence-corrected chi connectivity index (χ4v) is 2.90. The molecule has 0 aliphatic heterocycles. The van der Waals surface area contributed by atoms with Gasteiger partial charge in [-0.05, 0) is 5.04 Å². The Morgan fingerprint density at radius 2 is 1.92 bits per heavy atom. The summed E-state index contributed by atoms with van der Waals surface area (Å²) in [6.45, 7) is 14.7. The van der Waals surface area contributed by atoms with Crippen LogP contribution in [0.15, 0.2) is 12.8 Å². The molecule has 0 aromatic rings. The van der Waals surface area contributed by atoms with Crippen LogP contribution in [0, 0.1) is 0 Å². The van der Waals surface area contributed by atoms with Gasteiger partial charge >= 0.3 is 0 Å². The highest BCUT2D eigenvalue weighted by Crippen LogP contribution is 2.38. The molecule has 0 fully saturated rings. The Bertz CT molecular complexity index is 170. The molecule has 78 valence electrons. The highest BCUT2D eigenvalue weighted by molar-refractivity contribution is 6.81. The van der Waals surface area contributed by atoms with Gasteiger partial charge in [-0.2, -0.15) is 0 Å². The van der Waals surface area contributed by atoms with Gasteiger partial charge in [0.25, 0.3) is 0 Å². The SMILES string of the molecule is C=COC(CO)[Si](C)(C)C(C)(C)C. The minimum atomic E-state index is -1.60. The van der Waals surface area contributed by atoms with Crippen molar-refractivity contribution in [3.05, 3.63) is 12.8 Å². The maximum absolute atomic E-state index is 9.22. The zero-order valence-electron chi connectivity index (χ0n) is 9.42. The minimum Gasteiger partial charge on any atom is -0.500 e. The molecule has 0 spiro atoms. The topological polar surface area (TPSA) is 29.5 Å². The van der Waals surface area contributed by atoms with Gasteiger partial charge < -0.3 is 9.84 Å². The van der Waals surface area contributed by atoms with E-state index in [1.165, 1.54) is 6.26 Å². The Hall–Kier alpha value is -0.283. The number of hydrogen-bond acceptors (Lipinski definition) is 2. The minimum absolute atomic E-state index is 0.0509. The van der Waals surface area contributed by atoms with E-state index < -0.39 is 8.07 Å². The molecule has 0 rings (SSSR count). The van der Waals surface area contributed by atoms with Gasteiger partial charge in [-0.15, -0.1) is 0 Å². The van der Waals surface area contributed by atoms with Crippen molar-refractivity contribution in [1.82, 2.24) is 0 Å². The lowest BCUT2D eigenvalue weighted by atomic mass is 10.2. The first-order valence-electron chi connectivity index (χ1n) is 4.64. The monoisotopic (exact) mass is 202 g/mol. The van der Waals surface area contributed by atoms with Crippen LogP contribution in [0.2, 0.25) is 18.1 Å². The summed E-state index contributed by atoms with van der Waals surface area (Å²) in [6, 6.07) is 0. The van der Waals surface area contributed by atoms with Gasteiger partial charge in [0, 0.05) is 0 Å². The van der Waals surface area contributed by atoms with E-state index in [-0.39, 0.29) is 17.4 Å². The third-order valence-electron chi connectivity index (χ3n) is 3.16. The molecule has 1 unspecified atom stereocenters. The number of hydrogen-bond donors (Lipinski definition) is 1. The van der Waals surface area contributed by atoms with Crippen molar-refractivity contribution in [1.29, 1.82) is 0 Å². The Labute approximate surface area is 82.6 Å². The van der Waals surface area contributed by atoms with Crippen molar-refractivity contribution in [3.8, 4) is 0 Å². The maximum atomic E-state index is 9.22. The second-order valence-corrected chi connectivity index (χ2v) is 10.5. The van der Waals surface area contributed by atoms with Gasteiger partial charge in [0.05, 0.1) is 12.9 Å². The fraction of sp³-hybridized carbons (Fsp3) is 0.800. The quantitative estimate of drug-likeness (QED) is 0.561. The summed E-state index contributed by atoms with van der Waals surface area (Å²) in [5.74, 6) is 0. The molecule has 0 bridgehead atoms. The fourth-order valence-electron chi connectivity index (χ4n) is 1.04. The lowest BCUT2D eigenvalue weighted by Crippen LogP contribution is -2.51. The maximum Gasteiger partial charge on any atom is 0.109 e. The van der Waals surface area contributed by atoms with E-state index in [9.17, 15) is 5.11 Å². The van der Waals surface area contributed by atoms with Gasteiger partial charge in [-0.25, -0.2) is 0 Å². The van der Waals surface area contributed by atoms with Crippen LogP contribution >= 0.6 is 0 Å². The van der Waals surface area contributed by atoms with Crippen LogP contribution in [-0.2, 0) is 4.74 Å². The van der Waals surface area contributed by atoms with Crippen molar-refractivity contribution in [3.63, 3.8) is 0 Å².